The number of hydrogen-bond acceptors (Lipinski definition) is 3. The zero-order chi connectivity index (χ0) is 15.0. The molecule has 1 aromatic carbocycles. The molecule has 1 N–H and O–H groups in total. The van der Waals surface area contributed by atoms with Crippen molar-refractivity contribution in [3.8, 4) is 5.69 Å². The van der Waals surface area contributed by atoms with Crippen molar-refractivity contribution in [3.63, 3.8) is 0 Å². The van der Waals surface area contributed by atoms with Crippen LogP contribution in [0, 0.1) is 13.8 Å². The highest BCUT2D eigenvalue weighted by molar-refractivity contribution is 6.35. The second-order valence-corrected chi connectivity index (χ2v) is 5.08. The number of hydrogen-bond donors (Lipinski definition) is 1. The highest BCUT2D eigenvalue weighted by Gasteiger charge is 2.15. The lowest BCUT2D eigenvalue weighted by Crippen LogP contribution is -2.22. The number of aromatic nitrogens is 2. The van der Waals surface area contributed by atoms with Gasteiger partial charge in [-0.2, -0.15) is 5.10 Å². The molecule has 0 saturated heterocycles. The van der Waals surface area contributed by atoms with E-state index in [1.807, 2.05) is 0 Å². The van der Waals surface area contributed by atoms with Gasteiger partial charge in [-0.25, -0.2) is 9.48 Å². The van der Waals surface area contributed by atoms with Crippen LogP contribution in [0.2, 0.25) is 10.0 Å². The standard InChI is InChI=1S/C13H10Cl2N2O3/c1-6-3-9(15)10(5-8(6)14)17-7(2)4-11(18)12(16-17)13(19)20/h3-5H,1-2H3,(H,19,20). The second-order valence-electron chi connectivity index (χ2n) is 4.27. The third-order valence-electron chi connectivity index (χ3n) is 2.77. The second kappa shape index (κ2) is 5.26. The van der Waals surface area contributed by atoms with Crippen LogP contribution < -0.4 is 5.43 Å². The summed E-state index contributed by atoms with van der Waals surface area (Å²) in [5.41, 5.74) is 0.450. The smallest absolute Gasteiger partial charge is 0.360 e. The minimum atomic E-state index is -1.39. The Morgan fingerprint density at radius 2 is 1.85 bits per heavy atom. The summed E-state index contributed by atoms with van der Waals surface area (Å²) in [5, 5.41) is 13.6. The molecule has 0 saturated carbocycles. The number of carbonyl (C=O) groups is 1. The molecule has 1 heterocycles. The van der Waals surface area contributed by atoms with E-state index in [0.717, 1.165) is 5.56 Å². The van der Waals surface area contributed by atoms with Gasteiger partial charge < -0.3 is 5.11 Å². The van der Waals surface area contributed by atoms with E-state index < -0.39 is 17.1 Å². The lowest BCUT2D eigenvalue weighted by molar-refractivity contribution is 0.0686. The van der Waals surface area contributed by atoms with Crippen molar-refractivity contribution in [1.29, 1.82) is 0 Å². The largest absolute Gasteiger partial charge is 0.476 e. The van der Waals surface area contributed by atoms with Crippen LogP contribution in [0.3, 0.4) is 0 Å². The Bertz CT molecular complexity index is 769. The Morgan fingerprint density at radius 3 is 2.45 bits per heavy atom. The SMILES string of the molecule is Cc1cc(Cl)c(-n2nc(C(=O)O)c(=O)cc2C)cc1Cl. The van der Waals surface area contributed by atoms with Crippen molar-refractivity contribution in [3.05, 3.63) is 55.4 Å². The maximum atomic E-state index is 11.6. The Kier molecular flexibility index (Phi) is 3.83. The van der Waals surface area contributed by atoms with Crippen molar-refractivity contribution < 1.29 is 9.90 Å². The normalized spacial score (nSPS) is 10.6. The zero-order valence-electron chi connectivity index (χ0n) is 10.6. The summed E-state index contributed by atoms with van der Waals surface area (Å²) in [6, 6.07) is 4.43. The molecule has 0 atom stereocenters. The van der Waals surface area contributed by atoms with Crippen LogP contribution in [-0.2, 0) is 0 Å². The number of rotatable bonds is 2. The van der Waals surface area contributed by atoms with Gasteiger partial charge in [0.1, 0.15) is 0 Å². The van der Waals surface area contributed by atoms with E-state index in [4.69, 9.17) is 28.3 Å². The molecular weight excluding hydrogens is 303 g/mol. The van der Waals surface area contributed by atoms with Gasteiger partial charge in [-0.15, -0.1) is 0 Å². The third-order valence-corrected chi connectivity index (χ3v) is 3.48. The molecule has 0 spiro atoms. The summed E-state index contributed by atoms with van der Waals surface area (Å²) in [6.07, 6.45) is 0. The fourth-order valence-corrected chi connectivity index (χ4v) is 2.19. The molecule has 20 heavy (non-hydrogen) atoms. The van der Waals surface area contributed by atoms with Gasteiger partial charge in [-0.3, -0.25) is 4.79 Å². The molecule has 0 aliphatic rings. The van der Waals surface area contributed by atoms with E-state index >= 15 is 0 Å². The van der Waals surface area contributed by atoms with Crippen LogP contribution in [0.4, 0.5) is 0 Å². The van der Waals surface area contributed by atoms with Crippen LogP contribution in [0.25, 0.3) is 5.69 Å². The molecular formula is C13H10Cl2N2O3. The Hall–Kier alpha value is -1.85. The van der Waals surface area contributed by atoms with Crippen molar-refractivity contribution >= 4 is 29.2 Å². The van der Waals surface area contributed by atoms with Crippen molar-refractivity contribution in [2.24, 2.45) is 0 Å². The summed E-state index contributed by atoms with van der Waals surface area (Å²) < 4.78 is 1.29. The quantitative estimate of drug-likeness (QED) is 0.925. The van der Waals surface area contributed by atoms with E-state index in [0.29, 0.717) is 21.4 Å². The molecule has 0 radical (unpaired) electrons. The number of aryl methyl sites for hydroxylation is 2. The Morgan fingerprint density at radius 1 is 1.20 bits per heavy atom. The number of benzene rings is 1. The van der Waals surface area contributed by atoms with Crippen molar-refractivity contribution in [2.75, 3.05) is 0 Å². The molecule has 0 aliphatic heterocycles. The van der Waals surface area contributed by atoms with Gasteiger partial charge in [-0.05, 0) is 31.5 Å². The fraction of sp³-hybridized carbons (Fsp3) is 0.154. The summed E-state index contributed by atoms with van der Waals surface area (Å²) in [4.78, 5) is 22.5. The molecule has 1 aromatic heterocycles. The minimum Gasteiger partial charge on any atom is -0.476 e. The van der Waals surface area contributed by atoms with E-state index in [-0.39, 0.29) is 0 Å². The van der Waals surface area contributed by atoms with E-state index in [2.05, 4.69) is 5.10 Å². The average Bonchev–Trinajstić information content (AvgIpc) is 2.34. The summed E-state index contributed by atoms with van der Waals surface area (Å²) in [6.45, 7) is 3.43. The molecule has 0 bridgehead atoms. The Labute approximate surface area is 124 Å². The lowest BCUT2D eigenvalue weighted by atomic mass is 10.2. The average molecular weight is 313 g/mol. The van der Waals surface area contributed by atoms with Crippen LogP contribution in [0.15, 0.2) is 23.0 Å². The highest BCUT2D eigenvalue weighted by atomic mass is 35.5. The first-order chi connectivity index (χ1) is 9.31. The summed E-state index contributed by atoms with van der Waals surface area (Å²) in [7, 11) is 0. The molecule has 104 valence electrons. The third kappa shape index (κ3) is 2.55. The molecule has 0 fully saturated rings. The van der Waals surface area contributed by atoms with Gasteiger partial charge >= 0.3 is 5.97 Å². The van der Waals surface area contributed by atoms with Gasteiger partial charge in [-0.1, -0.05) is 23.2 Å². The zero-order valence-corrected chi connectivity index (χ0v) is 12.2. The number of carboxylic acid groups (broad SMARTS) is 1. The molecule has 2 rings (SSSR count). The summed E-state index contributed by atoms with van der Waals surface area (Å²) in [5.74, 6) is -1.39. The first-order valence-electron chi connectivity index (χ1n) is 5.61. The highest BCUT2D eigenvalue weighted by Crippen LogP contribution is 2.27. The minimum absolute atomic E-state index is 0.363. The molecule has 0 aliphatic carbocycles. The van der Waals surface area contributed by atoms with Crippen LogP contribution >= 0.6 is 23.2 Å². The lowest BCUT2D eigenvalue weighted by Gasteiger charge is -2.13. The fourth-order valence-electron chi connectivity index (χ4n) is 1.74. The monoisotopic (exact) mass is 312 g/mol. The van der Waals surface area contributed by atoms with Crippen molar-refractivity contribution in [1.82, 2.24) is 9.78 Å². The predicted octanol–water partition coefficient (Wildman–Crippen LogP) is 2.85. The van der Waals surface area contributed by atoms with Gasteiger partial charge in [0.05, 0.1) is 10.7 Å². The van der Waals surface area contributed by atoms with Crippen LogP contribution in [-0.4, -0.2) is 20.9 Å². The van der Waals surface area contributed by atoms with E-state index in [1.54, 1.807) is 26.0 Å². The molecule has 0 unspecified atom stereocenters. The maximum Gasteiger partial charge on any atom is 0.360 e. The number of nitrogens with zero attached hydrogens (tertiary/aromatic N) is 2. The first kappa shape index (κ1) is 14.6. The first-order valence-corrected chi connectivity index (χ1v) is 6.37. The molecule has 0 amide bonds. The summed E-state index contributed by atoms with van der Waals surface area (Å²) >= 11 is 12.2. The maximum absolute atomic E-state index is 11.6. The van der Waals surface area contributed by atoms with Crippen LogP contribution in [0.1, 0.15) is 21.7 Å². The molecule has 5 nitrogen and oxygen atoms in total. The van der Waals surface area contributed by atoms with Crippen molar-refractivity contribution in [2.45, 2.75) is 13.8 Å². The molecule has 2 aromatic rings. The van der Waals surface area contributed by atoms with Crippen LogP contribution in [0.5, 0.6) is 0 Å². The number of halogens is 2. The topological polar surface area (TPSA) is 72.2 Å². The Balaban J connectivity index is 2.76. The van der Waals surface area contributed by atoms with E-state index in [9.17, 15) is 9.59 Å². The number of carboxylic acids is 1. The van der Waals surface area contributed by atoms with E-state index in [1.165, 1.54) is 10.7 Å². The number of aromatic carboxylic acids is 1. The molecule has 7 heteroatoms. The van der Waals surface area contributed by atoms with Gasteiger partial charge in [0, 0.05) is 16.8 Å². The van der Waals surface area contributed by atoms with Gasteiger partial charge in [0.25, 0.3) is 0 Å². The predicted molar refractivity (Wildman–Crippen MR) is 76.3 cm³/mol. The van der Waals surface area contributed by atoms with Gasteiger partial charge in [0.2, 0.25) is 11.1 Å². The van der Waals surface area contributed by atoms with Gasteiger partial charge in [0.15, 0.2) is 0 Å².